The van der Waals surface area contributed by atoms with Gasteiger partial charge in [-0.25, -0.2) is 17.6 Å². The molecule has 0 bridgehead atoms. The van der Waals surface area contributed by atoms with Crippen LogP contribution in [0.4, 0.5) is 23.2 Å². The first kappa shape index (κ1) is 18.9. The van der Waals surface area contributed by atoms with E-state index in [0.29, 0.717) is 12.1 Å². The van der Waals surface area contributed by atoms with Crippen LogP contribution in [0.3, 0.4) is 0 Å². The summed E-state index contributed by atoms with van der Waals surface area (Å²) in [6.07, 6.45) is 0.723. The SMILES string of the molecule is CCCN(CC(=O)Nc1ccc(F)c(F)c1F)Cc1ccccc1F. The third-order valence-electron chi connectivity index (χ3n) is 3.57. The summed E-state index contributed by atoms with van der Waals surface area (Å²) in [6.45, 7) is 2.48. The topological polar surface area (TPSA) is 32.3 Å². The van der Waals surface area contributed by atoms with Crippen LogP contribution >= 0.6 is 0 Å². The Labute approximate surface area is 143 Å². The smallest absolute Gasteiger partial charge is 0.238 e. The second kappa shape index (κ2) is 8.62. The average molecular weight is 354 g/mol. The van der Waals surface area contributed by atoms with E-state index in [4.69, 9.17) is 0 Å². The maximum atomic E-state index is 13.8. The van der Waals surface area contributed by atoms with E-state index in [1.807, 2.05) is 6.92 Å². The number of carbonyl (C=O) groups is 1. The summed E-state index contributed by atoms with van der Waals surface area (Å²) in [5.74, 6) is -5.41. The Kier molecular flexibility index (Phi) is 6.52. The van der Waals surface area contributed by atoms with E-state index in [9.17, 15) is 22.4 Å². The number of hydrogen-bond acceptors (Lipinski definition) is 2. The molecule has 3 nitrogen and oxygen atoms in total. The lowest BCUT2D eigenvalue weighted by Crippen LogP contribution is -2.34. The van der Waals surface area contributed by atoms with Crippen molar-refractivity contribution in [3.05, 3.63) is 65.2 Å². The first-order valence-electron chi connectivity index (χ1n) is 7.81. The minimum Gasteiger partial charge on any atom is -0.322 e. The number of nitrogens with zero attached hydrogens (tertiary/aromatic N) is 1. The van der Waals surface area contributed by atoms with Crippen LogP contribution in [-0.4, -0.2) is 23.9 Å². The lowest BCUT2D eigenvalue weighted by Gasteiger charge is -2.21. The number of amides is 1. The highest BCUT2D eigenvalue weighted by atomic mass is 19.2. The molecule has 0 aliphatic rings. The third kappa shape index (κ3) is 5.03. The van der Waals surface area contributed by atoms with Crippen LogP contribution in [0.2, 0.25) is 0 Å². The van der Waals surface area contributed by atoms with Crippen molar-refractivity contribution in [2.75, 3.05) is 18.4 Å². The standard InChI is InChI=1S/C18H18F4N2O/c1-2-9-24(10-12-5-3-4-6-13(12)19)11-16(25)23-15-8-7-14(20)17(21)18(15)22/h3-8H,2,9-11H2,1H3,(H,23,25). The molecule has 134 valence electrons. The minimum atomic E-state index is -1.64. The molecule has 0 saturated carbocycles. The van der Waals surface area contributed by atoms with Crippen molar-refractivity contribution < 1.29 is 22.4 Å². The molecule has 0 heterocycles. The van der Waals surface area contributed by atoms with Crippen molar-refractivity contribution in [1.29, 1.82) is 0 Å². The van der Waals surface area contributed by atoms with E-state index in [0.717, 1.165) is 18.6 Å². The number of rotatable bonds is 7. The van der Waals surface area contributed by atoms with Crippen LogP contribution in [0.1, 0.15) is 18.9 Å². The van der Waals surface area contributed by atoms with Crippen molar-refractivity contribution in [1.82, 2.24) is 4.90 Å². The predicted molar refractivity (Wildman–Crippen MR) is 86.9 cm³/mol. The Morgan fingerprint density at radius 1 is 1.00 bits per heavy atom. The van der Waals surface area contributed by atoms with Crippen LogP contribution in [0.5, 0.6) is 0 Å². The van der Waals surface area contributed by atoms with E-state index in [1.165, 1.54) is 6.07 Å². The number of halogens is 4. The van der Waals surface area contributed by atoms with Gasteiger partial charge in [-0.3, -0.25) is 9.69 Å². The fourth-order valence-electron chi connectivity index (χ4n) is 2.41. The van der Waals surface area contributed by atoms with Gasteiger partial charge < -0.3 is 5.32 Å². The lowest BCUT2D eigenvalue weighted by atomic mass is 10.2. The van der Waals surface area contributed by atoms with Crippen LogP contribution in [-0.2, 0) is 11.3 Å². The molecule has 25 heavy (non-hydrogen) atoms. The third-order valence-corrected chi connectivity index (χ3v) is 3.57. The maximum absolute atomic E-state index is 13.8. The van der Waals surface area contributed by atoms with E-state index in [-0.39, 0.29) is 18.9 Å². The van der Waals surface area contributed by atoms with Crippen LogP contribution in [0, 0.1) is 23.3 Å². The maximum Gasteiger partial charge on any atom is 0.238 e. The van der Waals surface area contributed by atoms with Gasteiger partial charge in [0.15, 0.2) is 17.5 Å². The first-order chi connectivity index (χ1) is 11.9. The van der Waals surface area contributed by atoms with Crippen LogP contribution in [0.15, 0.2) is 36.4 Å². The largest absolute Gasteiger partial charge is 0.322 e. The molecule has 2 rings (SSSR count). The van der Waals surface area contributed by atoms with Gasteiger partial charge in [-0.2, -0.15) is 0 Å². The molecular formula is C18H18F4N2O. The Morgan fingerprint density at radius 3 is 2.40 bits per heavy atom. The summed E-state index contributed by atoms with van der Waals surface area (Å²) in [7, 11) is 0. The quantitative estimate of drug-likeness (QED) is 0.600. The number of benzene rings is 2. The van der Waals surface area contributed by atoms with Gasteiger partial charge in [0.25, 0.3) is 0 Å². The zero-order chi connectivity index (χ0) is 18.4. The Balaban J connectivity index is 2.05. The van der Waals surface area contributed by atoms with Gasteiger partial charge in [-0.15, -0.1) is 0 Å². The molecular weight excluding hydrogens is 336 g/mol. The normalized spacial score (nSPS) is 11.0. The number of hydrogen-bond donors (Lipinski definition) is 1. The molecule has 0 saturated heterocycles. The molecule has 1 amide bonds. The monoisotopic (exact) mass is 354 g/mol. The molecule has 0 aliphatic heterocycles. The molecule has 0 fully saturated rings. The van der Waals surface area contributed by atoms with E-state index < -0.39 is 29.0 Å². The average Bonchev–Trinajstić information content (AvgIpc) is 2.58. The van der Waals surface area contributed by atoms with Gasteiger partial charge in [0.1, 0.15) is 5.82 Å². The zero-order valence-electron chi connectivity index (χ0n) is 13.7. The molecule has 0 atom stereocenters. The molecule has 2 aromatic carbocycles. The highest BCUT2D eigenvalue weighted by Gasteiger charge is 2.17. The summed E-state index contributed by atoms with van der Waals surface area (Å²) in [4.78, 5) is 13.8. The number of nitrogens with one attached hydrogen (secondary N) is 1. The summed E-state index contributed by atoms with van der Waals surface area (Å²) < 4.78 is 53.5. The molecule has 0 aliphatic carbocycles. The van der Waals surface area contributed by atoms with Gasteiger partial charge in [0.05, 0.1) is 12.2 Å². The number of carbonyl (C=O) groups excluding carboxylic acids is 1. The Hall–Kier alpha value is -2.41. The van der Waals surface area contributed by atoms with E-state index in [1.54, 1.807) is 23.1 Å². The molecule has 7 heteroatoms. The van der Waals surface area contributed by atoms with Crippen molar-refractivity contribution >= 4 is 11.6 Å². The predicted octanol–water partition coefficient (Wildman–Crippen LogP) is 4.09. The molecule has 0 spiro atoms. The van der Waals surface area contributed by atoms with Crippen molar-refractivity contribution in [3.8, 4) is 0 Å². The van der Waals surface area contributed by atoms with Gasteiger partial charge in [0.2, 0.25) is 5.91 Å². The summed E-state index contributed by atoms with van der Waals surface area (Å²) >= 11 is 0. The van der Waals surface area contributed by atoms with Gasteiger partial charge in [-0.1, -0.05) is 25.1 Å². The van der Waals surface area contributed by atoms with Crippen molar-refractivity contribution in [3.63, 3.8) is 0 Å². The fraction of sp³-hybridized carbons (Fsp3) is 0.278. The summed E-state index contributed by atoms with van der Waals surface area (Å²) in [5, 5.41) is 2.21. The number of anilines is 1. The van der Waals surface area contributed by atoms with Gasteiger partial charge in [0, 0.05) is 12.1 Å². The van der Waals surface area contributed by atoms with E-state index >= 15 is 0 Å². The van der Waals surface area contributed by atoms with Gasteiger partial charge in [-0.05, 0) is 31.2 Å². The van der Waals surface area contributed by atoms with Crippen LogP contribution in [0.25, 0.3) is 0 Å². The first-order valence-corrected chi connectivity index (χ1v) is 7.81. The second-order valence-corrected chi connectivity index (χ2v) is 5.57. The zero-order valence-corrected chi connectivity index (χ0v) is 13.7. The molecule has 0 unspecified atom stereocenters. The highest BCUT2D eigenvalue weighted by molar-refractivity contribution is 5.92. The minimum absolute atomic E-state index is 0.138. The summed E-state index contributed by atoms with van der Waals surface area (Å²) in [5.41, 5.74) is -0.00556. The highest BCUT2D eigenvalue weighted by Crippen LogP contribution is 2.19. The molecule has 2 aromatic rings. The Bertz CT molecular complexity index is 752. The van der Waals surface area contributed by atoms with Crippen LogP contribution < -0.4 is 5.32 Å². The van der Waals surface area contributed by atoms with Gasteiger partial charge >= 0.3 is 0 Å². The molecule has 0 aromatic heterocycles. The molecule has 0 radical (unpaired) electrons. The lowest BCUT2D eigenvalue weighted by molar-refractivity contribution is -0.117. The summed E-state index contributed by atoms with van der Waals surface area (Å²) in [6, 6.07) is 7.89. The van der Waals surface area contributed by atoms with E-state index in [2.05, 4.69) is 5.32 Å². The second-order valence-electron chi connectivity index (χ2n) is 5.57. The van der Waals surface area contributed by atoms with Crippen molar-refractivity contribution in [2.45, 2.75) is 19.9 Å². The molecule has 1 N–H and O–H groups in total. The van der Waals surface area contributed by atoms with Crippen molar-refractivity contribution in [2.24, 2.45) is 0 Å². The Morgan fingerprint density at radius 2 is 1.72 bits per heavy atom. The fourth-order valence-corrected chi connectivity index (χ4v) is 2.41.